The number of carbonyl (C=O) groups excluding carboxylic acids is 2. The van der Waals surface area contributed by atoms with Crippen LogP contribution >= 0.6 is 7.82 Å². The van der Waals surface area contributed by atoms with E-state index in [2.05, 4.69) is 79.9 Å². The standard InChI is InChI=1S/C53H96NO8P/c1-3-5-7-9-11-13-15-17-19-21-23-24-25-26-28-29-31-33-35-37-39-41-43-45-52(56)54-47-48-61-63(58,59)62-50-51(55)49-60-53(57)46-44-42-40-38-36-34-32-30-27-22-20-18-16-14-12-10-8-6-4-2/h11-14,17-20,23-24,51,55H,3-10,15-16,21-22,25-50H2,1-2H3,(H,54,56)(H,58,59)/b13-11-,14-12-,19-17-,20-18-,24-23-. The minimum atomic E-state index is -4.43. The lowest BCUT2D eigenvalue weighted by molar-refractivity contribution is -0.147. The fourth-order valence-corrected chi connectivity index (χ4v) is 7.76. The first kappa shape index (κ1) is 60.7. The molecule has 0 aromatic carbocycles. The van der Waals surface area contributed by atoms with Gasteiger partial charge in [0.15, 0.2) is 0 Å². The SMILES string of the molecule is CCCCC/C=C\C/C=C\C/C=C\CCCCCCCCCCCCC(=O)NCCOP(=O)(O)OCC(O)COC(=O)CCCCCCCCCCC/C=C\C/C=C\CCCCC. The Kier molecular flexibility index (Phi) is 47.4. The van der Waals surface area contributed by atoms with Crippen LogP contribution in [0, 0.1) is 0 Å². The molecule has 9 nitrogen and oxygen atoms in total. The molecule has 366 valence electrons. The topological polar surface area (TPSA) is 131 Å². The van der Waals surface area contributed by atoms with Gasteiger partial charge < -0.3 is 20.1 Å². The second-order valence-corrected chi connectivity index (χ2v) is 18.6. The summed E-state index contributed by atoms with van der Waals surface area (Å²) in [6.45, 7) is 3.51. The number of allylic oxidation sites excluding steroid dienone is 10. The number of unbranched alkanes of at least 4 members (excludes halogenated alkanes) is 25. The van der Waals surface area contributed by atoms with E-state index in [4.69, 9.17) is 13.8 Å². The van der Waals surface area contributed by atoms with Gasteiger partial charge in [-0.3, -0.25) is 18.6 Å². The number of ether oxygens (including phenoxy) is 1. The average molecular weight is 906 g/mol. The van der Waals surface area contributed by atoms with Crippen LogP contribution in [0.25, 0.3) is 0 Å². The molecule has 2 unspecified atom stereocenters. The number of esters is 1. The van der Waals surface area contributed by atoms with Crippen LogP contribution in [0.1, 0.15) is 232 Å². The summed E-state index contributed by atoms with van der Waals surface area (Å²) in [4.78, 5) is 34.1. The maximum absolute atomic E-state index is 12.2. The highest BCUT2D eigenvalue weighted by Gasteiger charge is 2.23. The first-order chi connectivity index (χ1) is 30.8. The molecule has 1 amide bonds. The lowest BCUT2D eigenvalue weighted by Gasteiger charge is -2.15. The third kappa shape index (κ3) is 50.6. The Labute approximate surface area is 387 Å². The summed E-state index contributed by atoms with van der Waals surface area (Å²) in [7, 11) is -4.43. The largest absolute Gasteiger partial charge is 0.472 e. The summed E-state index contributed by atoms with van der Waals surface area (Å²) in [6, 6.07) is 0. The Morgan fingerprint density at radius 2 is 0.857 bits per heavy atom. The van der Waals surface area contributed by atoms with Crippen molar-refractivity contribution in [1.29, 1.82) is 0 Å². The minimum absolute atomic E-state index is 0.0772. The molecule has 0 saturated heterocycles. The van der Waals surface area contributed by atoms with E-state index < -0.39 is 26.5 Å². The number of hydrogen-bond acceptors (Lipinski definition) is 7. The normalized spacial score (nSPS) is 13.7. The zero-order valence-corrected chi connectivity index (χ0v) is 41.4. The number of rotatable bonds is 48. The van der Waals surface area contributed by atoms with Crippen molar-refractivity contribution < 1.29 is 37.9 Å². The van der Waals surface area contributed by atoms with Gasteiger partial charge in [-0.2, -0.15) is 0 Å². The van der Waals surface area contributed by atoms with Gasteiger partial charge in [-0.05, 0) is 83.5 Å². The van der Waals surface area contributed by atoms with Gasteiger partial charge in [-0.15, -0.1) is 0 Å². The molecule has 0 saturated carbocycles. The van der Waals surface area contributed by atoms with Crippen molar-refractivity contribution in [1.82, 2.24) is 5.32 Å². The Bertz CT molecular complexity index is 1220. The van der Waals surface area contributed by atoms with Crippen molar-refractivity contribution in [2.45, 2.75) is 238 Å². The highest BCUT2D eigenvalue weighted by molar-refractivity contribution is 7.47. The second-order valence-electron chi connectivity index (χ2n) is 17.1. The van der Waals surface area contributed by atoms with E-state index in [1.165, 1.54) is 148 Å². The summed E-state index contributed by atoms with van der Waals surface area (Å²) in [5.41, 5.74) is 0. The molecule has 0 aromatic rings. The number of hydrogen-bond donors (Lipinski definition) is 3. The van der Waals surface area contributed by atoms with E-state index in [0.717, 1.165) is 57.8 Å². The fourth-order valence-electron chi connectivity index (χ4n) is 7.01. The number of nitrogens with one attached hydrogen (secondary N) is 1. The molecule has 63 heavy (non-hydrogen) atoms. The number of carbonyl (C=O) groups is 2. The molecule has 0 aromatic heterocycles. The minimum Gasteiger partial charge on any atom is -0.463 e. The Morgan fingerprint density at radius 1 is 0.492 bits per heavy atom. The van der Waals surface area contributed by atoms with E-state index in [0.29, 0.717) is 6.42 Å². The molecular formula is C53H96NO8P. The van der Waals surface area contributed by atoms with Crippen LogP contribution in [0.2, 0.25) is 0 Å². The zero-order chi connectivity index (χ0) is 46.0. The number of phosphoric acid groups is 1. The summed E-state index contributed by atoms with van der Waals surface area (Å²) in [5, 5.41) is 12.8. The van der Waals surface area contributed by atoms with Gasteiger partial charge >= 0.3 is 13.8 Å². The van der Waals surface area contributed by atoms with E-state index in [-0.39, 0.29) is 32.1 Å². The van der Waals surface area contributed by atoms with Crippen LogP contribution in [0.5, 0.6) is 0 Å². The monoisotopic (exact) mass is 906 g/mol. The van der Waals surface area contributed by atoms with E-state index in [1.54, 1.807) is 0 Å². The molecule has 3 N–H and O–H groups in total. The van der Waals surface area contributed by atoms with Gasteiger partial charge in [0.05, 0.1) is 13.2 Å². The Morgan fingerprint density at radius 3 is 1.29 bits per heavy atom. The van der Waals surface area contributed by atoms with Crippen molar-refractivity contribution >= 4 is 19.7 Å². The van der Waals surface area contributed by atoms with Crippen molar-refractivity contribution in [3.63, 3.8) is 0 Å². The van der Waals surface area contributed by atoms with Gasteiger partial charge in [0.1, 0.15) is 12.7 Å². The third-order valence-corrected chi connectivity index (χ3v) is 11.9. The van der Waals surface area contributed by atoms with Crippen LogP contribution < -0.4 is 5.32 Å². The molecule has 10 heteroatoms. The van der Waals surface area contributed by atoms with Crippen LogP contribution in [0.4, 0.5) is 0 Å². The van der Waals surface area contributed by atoms with Crippen LogP contribution in [-0.2, 0) is 27.9 Å². The highest BCUT2D eigenvalue weighted by Crippen LogP contribution is 2.42. The molecule has 0 fully saturated rings. The zero-order valence-electron chi connectivity index (χ0n) is 40.5. The van der Waals surface area contributed by atoms with E-state index in [1.807, 2.05) is 0 Å². The summed E-state index contributed by atoms with van der Waals surface area (Å²) in [6.07, 6.45) is 60.1. The number of aliphatic hydroxyl groups excluding tert-OH is 1. The molecular weight excluding hydrogens is 810 g/mol. The second kappa shape index (κ2) is 49.2. The first-order valence-corrected chi connectivity index (χ1v) is 27.3. The molecule has 0 aliphatic heterocycles. The van der Waals surface area contributed by atoms with Crippen LogP contribution in [-0.4, -0.2) is 54.3 Å². The summed E-state index contributed by atoms with van der Waals surface area (Å²) >= 11 is 0. The van der Waals surface area contributed by atoms with E-state index >= 15 is 0 Å². The van der Waals surface area contributed by atoms with E-state index in [9.17, 15) is 24.2 Å². The molecule has 2 atom stereocenters. The molecule has 0 aliphatic rings. The van der Waals surface area contributed by atoms with Crippen LogP contribution in [0.15, 0.2) is 60.8 Å². The van der Waals surface area contributed by atoms with Gasteiger partial charge in [0.25, 0.3) is 0 Å². The number of phosphoric ester groups is 1. The van der Waals surface area contributed by atoms with Crippen molar-refractivity contribution in [3.05, 3.63) is 60.8 Å². The molecule has 0 aliphatic carbocycles. The average Bonchev–Trinajstić information content (AvgIpc) is 3.27. The summed E-state index contributed by atoms with van der Waals surface area (Å²) in [5.74, 6) is -0.522. The van der Waals surface area contributed by atoms with Gasteiger partial charge in [0.2, 0.25) is 5.91 Å². The Hall–Kier alpha value is -2.29. The molecule has 0 radical (unpaired) electrons. The number of amides is 1. The predicted molar refractivity (Wildman–Crippen MR) is 266 cm³/mol. The van der Waals surface area contributed by atoms with Gasteiger partial charge in [-0.1, -0.05) is 197 Å². The lowest BCUT2D eigenvalue weighted by Crippen LogP contribution is -2.27. The highest BCUT2D eigenvalue weighted by atomic mass is 31.2. The predicted octanol–water partition coefficient (Wildman–Crippen LogP) is 15.2. The van der Waals surface area contributed by atoms with Crippen molar-refractivity contribution in [2.75, 3.05) is 26.4 Å². The molecule has 0 spiro atoms. The molecule has 0 bridgehead atoms. The number of aliphatic hydroxyl groups is 1. The molecule has 0 rings (SSSR count). The van der Waals surface area contributed by atoms with Gasteiger partial charge in [0, 0.05) is 19.4 Å². The van der Waals surface area contributed by atoms with Crippen LogP contribution in [0.3, 0.4) is 0 Å². The maximum Gasteiger partial charge on any atom is 0.472 e. The maximum atomic E-state index is 12.2. The lowest BCUT2D eigenvalue weighted by atomic mass is 10.0. The van der Waals surface area contributed by atoms with Crippen molar-refractivity contribution in [3.8, 4) is 0 Å². The third-order valence-electron chi connectivity index (χ3n) is 10.9. The van der Waals surface area contributed by atoms with Gasteiger partial charge in [-0.25, -0.2) is 4.57 Å². The molecule has 0 heterocycles. The first-order valence-electron chi connectivity index (χ1n) is 25.8. The van der Waals surface area contributed by atoms with Crippen molar-refractivity contribution in [2.24, 2.45) is 0 Å². The summed E-state index contributed by atoms with van der Waals surface area (Å²) < 4.78 is 27.0. The fraction of sp³-hybridized carbons (Fsp3) is 0.774. The smallest absolute Gasteiger partial charge is 0.463 e. The Balaban J connectivity index is 3.57. The quantitative estimate of drug-likeness (QED) is 0.0238.